The Kier molecular flexibility index (Phi) is 4.87. The Morgan fingerprint density at radius 3 is 2.77 bits per heavy atom. The molecule has 0 saturated carbocycles. The number of rotatable bonds is 5. The van der Waals surface area contributed by atoms with Crippen LogP contribution in [0.3, 0.4) is 0 Å². The van der Waals surface area contributed by atoms with E-state index in [9.17, 15) is 4.79 Å². The molecule has 1 fully saturated rings. The smallest absolute Gasteiger partial charge is 0.239 e. The predicted molar refractivity (Wildman–Crippen MR) is 85.9 cm³/mol. The van der Waals surface area contributed by atoms with E-state index in [4.69, 9.17) is 4.52 Å². The van der Waals surface area contributed by atoms with Crippen LogP contribution in [0.2, 0.25) is 0 Å². The molecule has 0 unspecified atom stereocenters. The molecule has 0 atom stereocenters. The number of carbonyl (C=O) groups is 1. The van der Waals surface area contributed by atoms with Crippen molar-refractivity contribution in [1.82, 2.24) is 15.0 Å². The number of thiophene rings is 1. The lowest BCUT2D eigenvalue weighted by molar-refractivity contribution is -0.117. The number of carbonyl (C=O) groups excluding carboxylic acids is 1. The van der Waals surface area contributed by atoms with Crippen molar-refractivity contribution in [2.24, 2.45) is 0 Å². The number of hydrogen-bond acceptors (Lipinski definition) is 6. The van der Waals surface area contributed by atoms with Gasteiger partial charge in [-0.15, -0.1) is 11.3 Å². The Morgan fingerprint density at radius 2 is 2.14 bits per heavy atom. The van der Waals surface area contributed by atoms with Gasteiger partial charge in [0.15, 0.2) is 5.82 Å². The SMILES string of the molecule is Cc1cc(NC(=O)CN2CCN(Cc3cccs3)CC2)no1. The number of piperazine rings is 1. The van der Waals surface area contributed by atoms with E-state index >= 15 is 0 Å². The van der Waals surface area contributed by atoms with Crippen LogP contribution in [0, 0.1) is 6.92 Å². The average molecular weight is 320 g/mol. The van der Waals surface area contributed by atoms with E-state index in [1.807, 2.05) is 0 Å². The van der Waals surface area contributed by atoms with Gasteiger partial charge in [0.05, 0.1) is 6.54 Å². The van der Waals surface area contributed by atoms with Gasteiger partial charge in [-0.25, -0.2) is 0 Å². The van der Waals surface area contributed by atoms with Gasteiger partial charge in [-0.05, 0) is 18.4 Å². The Morgan fingerprint density at radius 1 is 1.36 bits per heavy atom. The highest BCUT2D eigenvalue weighted by atomic mass is 32.1. The molecule has 0 radical (unpaired) electrons. The Labute approximate surface area is 133 Å². The van der Waals surface area contributed by atoms with Crippen molar-refractivity contribution in [2.75, 3.05) is 38.0 Å². The van der Waals surface area contributed by atoms with Gasteiger partial charge in [-0.1, -0.05) is 11.2 Å². The summed E-state index contributed by atoms with van der Waals surface area (Å²) in [4.78, 5) is 18.0. The van der Waals surface area contributed by atoms with Crippen molar-refractivity contribution in [2.45, 2.75) is 13.5 Å². The standard InChI is InChI=1S/C15H20N4O2S/c1-12-9-14(17-21-12)16-15(20)11-19-6-4-18(5-7-19)10-13-3-2-8-22-13/h2-3,8-9H,4-7,10-11H2,1H3,(H,16,17,20). The van der Waals surface area contributed by atoms with Gasteiger partial charge in [0.1, 0.15) is 5.76 Å². The number of amides is 1. The van der Waals surface area contributed by atoms with Crippen LogP contribution in [0.4, 0.5) is 5.82 Å². The minimum Gasteiger partial charge on any atom is -0.360 e. The summed E-state index contributed by atoms with van der Waals surface area (Å²) in [5.41, 5.74) is 0. The van der Waals surface area contributed by atoms with Crippen LogP contribution < -0.4 is 5.32 Å². The zero-order valence-corrected chi connectivity index (χ0v) is 13.4. The zero-order valence-electron chi connectivity index (χ0n) is 12.6. The van der Waals surface area contributed by atoms with E-state index in [1.54, 1.807) is 24.3 Å². The molecule has 2 aromatic heterocycles. The van der Waals surface area contributed by atoms with Gasteiger partial charge in [0.2, 0.25) is 5.91 Å². The normalized spacial score (nSPS) is 16.8. The molecule has 3 rings (SSSR count). The third-order valence-electron chi connectivity index (χ3n) is 3.69. The van der Waals surface area contributed by atoms with Crippen molar-refractivity contribution in [3.05, 3.63) is 34.2 Å². The summed E-state index contributed by atoms with van der Waals surface area (Å²) in [6, 6.07) is 5.98. The van der Waals surface area contributed by atoms with Gasteiger partial charge in [0.25, 0.3) is 0 Å². The lowest BCUT2D eigenvalue weighted by Gasteiger charge is -2.33. The monoisotopic (exact) mass is 320 g/mol. The van der Waals surface area contributed by atoms with Crippen LogP contribution in [0.25, 0.3) is 0 Å². The third kappa shape index (κ3) is 4.16. The van der Waals surface area contributed by atoms with Crippen LogP contribution >= 0.6 is 11.3 Å². The molecule has 0 aliphatic carbocycles. The second-order valence-corrected chi connectivity index (χ2v) is 6.53. The predicted octanol–water partition coefficient (Wildman–Crippen LogP) is 1.80. The summed E-state index contributed by atoms with van der Waals surface area (Å²) in [7, 11) is 0. The quantitative estimate of drug-likeness (QED) is 0.910. The Bertz CT molecular complexity index is 603. The number of nitrogens with zero attached hydrogens (tertiary/aromatic N) is 3. The van der Waals surface area contributed by atoms with Crippen molar-refractivity contribution in [1.29, 1.82) is 0 Å². The van der Waals surface area contributed by atoms with E-state index in [0.29, 0.717) is 18.1 Å². The maximum atomic E-state index is 12.0. The summed E-state index contributed by atoms with van der Waals surface area (Å²) in [5.74, 6) is 1.14. The molecule has 3 heterocycles. The van der Waals surface area contributed by atoms with E-state index in [-0.39, 0.29) is 5.91 Å². The molecule has 22 heavy (non-hydrogen) atoms. The van der Waals surface area contributed by atoms with Crippen LogP contribution in [-0.2, 0) is 11.3 Å². The van der Waals surface area contributed by atoms with Crippen LogP contribution in [-0.4, -0.2) is 53.6 Å². The molecule has 2 aromatic rings. The number of nitrogens with one attached hydrogen (secondary N) is 1. The zero-order chi connectivity index (χ0) is 15.4. The summed E-state index contributed by atoms with van der Waals surface area (Å²) in [6.45, 7) is 7.03. The second-order valence-electron chi connectivity index (χ2n) is 5.50. The van der Waals surface area contributed by atoms with E-state index in [0.717, 1.165) is 32.7 Å². The fraction of sp³-hybridized carbons (Fsp3) is 0.467. The molecule has 1 aliphatic heterocycles. The molecule has 0 spiro atoms. The highest BCUT2D eigenvalue weighted by Gasteiger charge is 2.19. The molecule has 1 saturated heterocycles. The molecule has 118 valence electrons. The molecular formula is C15H20N4O2S. The van der Waals surface area contributed by atoms with Gasteiger partial charge >= 0.3 is 0 Å². The van der Waals surface area contributed by atoms with Crippen molar-refractivity contribution >= 4 is 23.1 Å². The maximum absolute atomic E-state index is 12.0. The second kappa shape index (κ2) is 7.04. The molecule has 1 amide bonds. The van der Waals surface area contributed by atoms with Crippen LogP contribution in [0.15, 0.2) is 28.1 Å². The van der Waals surface area contributed by atoms with Gasteiger partial charge in [0, 0.05) is 43.7 Å². The number of hydrogen-bond donors (Lipinski definition) is 1. The number of aryl methyl sites for hydroxylation is 1. The largest absolute Gasteiger partial charge is 0.360 e. The summed E-state index contributed by atoms with van der Waals surface area (Å²) >= 11 is 1.80. The van der Waals surface area contributed by atoms with Crippen LogP contribution in [0.1, 0.15) is 10.6 Å². The van der Waals surface area contributed by atoms with E-state index < -0.39 is 0 Å². The molecule has 1 N–H and O–H groups in total. The van der Waals surface area contributed by atoms with Crippen molar-refractivity contribution in [3.8, 4) is 0 Å². The Balaban J connectivity index is 1.40. The van der Waals surface area contributed by atoms with Crippen molar-refractivity contribution in [3.63, 3.8) is 0 Å². The average Bonchev–Trinajstić information content (AvgIpc) is 3.13. The third-order valence-corrected chi connectivity index (χ3v) is 4.55. The highest BCUT2D eigenvalue weighted by molar-refractivity contribution is 7.09. The molecule has 0 bridgehead atoms. The number of aromatic nitrogens is 1. The van der Waals surface area contributed by atoms with Crippen LogP contribution in [0.5, 0.6) is 0 Å². The van der Waals surface area contributed by atoms with Gasteiger partial charge in [-0.3, -0.25) is 14.6 Å². The molecule has 6 nitrogen and oxygen atoms in total. The lowest BCUT2D eigenvalue weighted by Crippen LogP contribution is -2.48. The lowest BCUT2D eigenvalue weighted by atomic mass is 10.3. The first-order valence-corrected chi connectivity index (χ1v) is 8.27. The minimum absolute atomic E-state index is 0.0417. The minimum atomic E-state index is -0.0417. The summed E-state index contributed by atoms with van der Waals surface area (Å²) in [6.07, 6.45) is 0. The maximum Gasteiger partial charge on any atom is 0.239 e. The topological polar surface area (TPSA) is 61.6 Å². The Hall–Kier alpha value is -1.70. The summed E-state index contributed by atoms with van der Waals surface area (Å²) in [5, 5.41) is 8.64. The van der Waals surface area contributed by atoms with E-state index in [1.165, 1.54) is 4.88 Å². The van der Waals surface area contributed by atoms with E-state index in [2.05, 4.69) is 37.8 Å². The molecule has 1 aliphatic rings. The van der Waals surface area contributed by atoms with Gasteiger partial charge in [-0.2, -0.15) is 0 Å². The first-order valence-electron chi connectivity index (χ1n) is 7.39. The highest BCUT2D eigenvalue weighted by Crippen LogP contribution is 2.13. The molecular weight excluding hydrogens is 300 g/mol. The molecule has 7 heteroatoms. The first kappa shape index (κ1) is 15.2. The first-order chi connectivity index (χ1) is 10.7. The molecule has 0 aromatic carbocycles. The fourth-order valence-electron chi connectivity index (χ4n) is 2.54. The number of anilines is 1. The van der Waals surface area contributed by atoms with Gasteiger partial charge < -0.3 is 9.84 Å². The summed E-state index contributed by atoms with van der Waals surface area (Å²) < 4.78 is 4.94. The fourth-order valence-corrected chi connectivity index (χ4v) is 3.29. The van der Waals surface area contributed by atoms with Crippen molar-refractivity contribution < 1.29 is 9.32 Å².